The summed E-state index contributed by atoms with van der Waals surface area (Å²) in [5, 5.41) is 0. The average molecular weight is 268 g/mol. The van der Waals surface area contributed by atoms with E-state index in [0.29, 0.717) is 13.0 Å². The Bertz CT molecular complexity index is 356. The van der Waals surface area contributed by atoms with E-state index < -0.39 is 17.9 Å². The van der Waals surface area contributed by atoms with Gasteiger partial charge in [0.05, 0.1) is 20.8 Å². The fourth-order valence-electron chi connectivity index (χ4n) is 2.22. The molecular formula is C14H20O5. The highest BCUT2D eigenvalue weighted by Crippen LogP contribution is 2.27. The van der Waals surface area contributed by atoms with Gasteiger partial charge in [-0.05, 0) is 6.42 Å². The summed E-state index contributed by atoms with van der Waals surface area (Å²) in [5.41, 5.74) is 0. The summed E-state index contributed by atoms with van der Waals surface area (Å²) >= 11 is 0. The predicted octanol–water partition coefficient (Wildman–Crippen LogP) is 1.34. The highest BCUT2D eigenvalue weighted by atomic mass is 16.5. The Morgan fingerprint density at radius 3 is 2.21 bits per heavy atom. The molecule has 2 atom stereocenters. The van der Waals surface area contributed by atoms with Crippen LogP contribution in [-0.4, -0.2) is 39.9 Å². The summed E-state index contributed by atoms with van der Waals surface area (Å²) in [4.78, 5) is 23.6. The molecule has 0 amide bonds. The van der Waals surface area contributed by atoms with Crippen LogP contribution in [0.5, 0.6) is 0 Å². The number of methoxy groups -OCH3 is 3. The Kier molecular flexibility index (Phi) is 6.29. The van der Waals surface area contributed by atoms with Crippen LogP contribution in [0.25, 0.3) is 0 Å². The number of carbonyl (C=O) groups is 2. The summed E-state index contributed by atoms with van der Waals surface area (Å²) < 4.78 is 14.5. The zero-order chi connectivity index (χ0) is 14.3. The summed E-state index contributed by atoms with van der Waals surface area (Å²) in [6.45, 7) is 0.545. The van der Waals surface area contributed by atoms with Gasteiger partial charge in [-0.3, -0.25) is 9.59 Å². The number of rotatable bonds is 5. The maximum absolute atomic E-state index is 11.8. The molecule has 0 saturated carbocycles. The number of carbonyl (C=O) groups excluding carboxylic acids is 2. The first kappa shape index (κ1) is 15.4. The third-order valence-corrected chi connectivity index (χ3v) is 3.15. The molecule has 5 nitrogen and oxygen atoms in total. The second-order valence-corrected chi connectivity index (χ2v) is 4.41. The Morgan fingerprint density at radius 2 is 1.68 bits per heavy atom. The van der Waals surface area contributed by atoms with Gasteiger partial charge in [-0.1, -0.05) is 24.3 Å². The van der Waals surface area contributed by atoms with Gasteiger partial charge in [0.2, 0.25) is 0 Å². The monoisotopic (exact) mass is 268 g/mol. The molecule has 0 saturated heterocycles. The molecular weight excluding hydrogens is 248 g/mol. The van der Waals surface area contributed by atoms with Crippen molar-refractivity contribution >= 4 is 11.9 Å². The van der Waals surface area contributed by atoms with E-state index in [1.807, 2.05) is 24.3 Å². The summed E-state index contributed by atoms with van der Waals surface area (Å²) in [6, 6.07) is 0. The van der Waals surface area contributed by atoms with Crippen molar-refractivity contribution in [2.75, 3.05) is 27.9 Å². The van der Waals surface area contributed by atoms with E-state index in [0.717, 1.165) is 0 Å². The SMILES string of the molecule is COC[C@@H]1C=CC=C[C@H](C(C(=O)OC)C(=O)OC)C1. The van der Waals surface area contributed by atoms with Crippen LogP contribution >= 0.6 is 0 Å². The summed E-state index contributed by atoms with van der Waals surface area (Å²) in [7, 11) is 4.16. The number of hydrogen-bond acceptors (Lipinski definition) is 5. The van der Waals surface area contributed by atoms with Crippen LogP contribution in [0, 0.1) is 17.8 Å². The lowest BCUT2D eigenvalue weighted by Crippen LogP contribution is -2.33. The second-order valence-electron chi connectivity index (χ2n) is 4.41. The van der Waals surface area contributed by atoms with Crippen LogP contribution in [0.3, 0.4) is 0 Å². The zero-order valence-electron chi connectivity index (χ0n) is 11.5. The smallest absolute Gasteiger partial charge is 0.320 e. The molecule has 0 spiro atoms. The van der Waals surface area contributed by atoms with Gasteiger partial charge < -0.3 is 14.2 Å². The lowest BCUT2D eigenvalue weighted by Gasteiger charge is -2.22. The maximum atomic E-state index is 11.8. The molecule has 1 aliphatic rings. The molecule has 0 bridgehead atoms. The maximum Gasteiger partial charge on any atom is 0.320 e. The largest absolute Gasteiger partial charge is 0.468 e. The third-order valence-electron chi connectivity index (χ3n) is 3.15. The van der Waals surface area contributed by atoms with Crippen molar-refractivity contribution in [3.8, 4) is 0 Å². The van der Waals surface area contributed by atoms with Crippen molar-refractivity contribution < 1.29 is 23.8 Å². The van der Waals surface area contributed by atoms with Crippen LogP contribution in [0.2, 0.25) is 0 Å². The van der Waals surface area contributed by atoms with E-state index in [4.69, 9.17) is 14.2 Å². The van der Waals surface area contributed by atoms with Gasteiger partial charge >= 0.3 is 11.9 Å². The molecule has 0 radical (unpaired) electrons. The molecule has 0 unspecified atom stereocenters. The minimum absolute atomic E-state index is 0.154. The number of esters is 2. The first-order chi connectivity index (χ1) is 9.13. The van der Waals surface area contributed by atoms with Crippen molar-refractivity contribution in [1.29, 1.82) is 0 Å². The summed E-state index contributed by atoms with van der Waals surface area (Å²) in [6.07, 6.45) is 8.21. The minimum atomic E-state index is -0.925. The highest BCUT2D eigenvalue weighted by Gasteiger charge is 2.36. The van der Waals surface area contributed by atoms with E-state index in [1.54, 1.807) is 7.11 Å². The average Bonchev–Trinajstić information content (AvgIpc) is 2.64. The van der Waals surface area contributed by atoms with Gasteiger partial charge in [-0.15, -0.1) is 0 Å². The fraction of sp³-hybridized carbons (Fsp3) is 0.571. The topological polar surface area (TPSA) is 61.8 Å². The van der Waals surface area contributed by atoms with Gasteiger partial charge in [0, 0.05) is 18.9 Å². The number of allylic oxidation sites excluding steroid dienone is 3. The van der Waals surface area contributed by atoms with Crippen molar-refractivity contribution in [2.45, 2.75) is 6.42 Å². The van der Waals surface area contributed by atoms with Crippen LogP contribution in [0.4, 0.5) is 0 Å². The molecule has 0 N–H and O–H groups in total. The molecule has 0 fully saturated rings. The lowest BCUT2D eigenvalue weighted by molar-refractivity contribution is -0.161. The molecule has 1 rings (SSSR count). The van der Waals surface area contributed by atoms with Crippen molar-refractivity contribution in [3.63, 3.8) is 0 Å². The van der Waals surface area contributed by atoms with E-state index in [9.17, 15) is 9.59 Å². The van der Waals surface area contributed by atoms with Crippen molar-refractivity contribution in [1.82, 2.24) is 0 Å². The van der Waals surface area contributed by atoms with E-state index in [-0.39, 0.29) is 11.8 Å². The molecule has 106 valence electrons. The standard InChI is InChI=1S/C14H20O5/c1-17-9-10-6-4-5-7-11(8-10)12(13(15)18-2)14(16)19-3/h4-7,10-12H,8-9H2,1-3H3/t10-,11+/m1/s1. The van der Waals surface area contributed by atoms with Crippen LogP contribution in [0.1, 0.15) is 6.42 Å². The van der Waals surface area contributed by atoms with Crippen molar-refractivity contribution in [3.05, 3.63) is 24.3 Å². The van der Waals surface area contributed by atoms with E-state index in [1.165, 1.54) is 14.2 Å². The summed E-state index contributed by atoms with van der Waals surface area (Å²) in [5.74, 6) is -2.17. The van der Waals surface area contributed by atoms with Gasteiger partial charge in [-0.25, -0.2) is 0 Å². The molecule has 0 aliphatic heterocycles. The predicted molar refractivity (Wildman–Crippen MR) is 69.3 cm³/mol. The van der Waals surface area contributed by atoms with E-state index in [2.05, 4.69) is 0 Å². The third kappa shape index (κ3) is 4.21. The normalized spacial score (nSPS) is 22.1. The molecule has 19 heavy (non-hydrogen) atoms. The van der Waals surface area contributed by atoms with Gasteiger partial charge in [0.15, 0.2) is 5.92 Å². The first-order valence-electron chi connectivity index (χ1n) is 6.13. The Balaban J connectivity index is 2.88. The molecule has 1 aliphatic carbocycles. The van der Waals surface area contributed by atoms with Gasteiger partial charge in [-0.2, -0.15) is 0 Å². The van der Waals surface area contributed by atoms with E-state index >= 15 is 0 Å². The van der Waals surface area contributed by atoms with Crippen LogP contribution < -0.4 is 0 Å². The van der Waals surface area contributed by atoms with Crippen molar-refractivity contribution in [2.24, 2.45) is 17.8 Å². The minimum Gasteiger partial charge on any atom is -0.468 e. The quantitative estimate of drug-likeness (QED) is 0.556. The van der Waals surface area contributed by atoms with Crippen LogP contribution in [-0.2, 0) is 23.8 Å². The fourth-order valence-corrected chi connectivity index (χ4v) is 2.22. The molecule has 0 aromatic heterocycles. The molecule has 0 heterocycles. The number of hydrogen-bond donors (Lipinski definition) is 0. The zero-order valence-corrected chi connectivity index (χ0v) is 11.5. The Hall–Kier alpha value is -1.62. The number of ether oxygens (including phenoxy) is 3. The Morgan fingerprint density at radius 1 is 1.11 bits per heavy atom. The highest BCUT2D eigenvalue weighted by molar-refractivity contribution is 5.95. The lowest BCUT2D eigenvalue weighted by atomic mass is 9.85. The van der Waals surface area contributed by atoms with Gasteiger partial charge in [0.1, 0.15) is 0 Å². The Labute approximate surface area is 113 Å². The van der Waals surface area contributed by atoms with Gasteiger partial charge in [0.25, 0.3) is 0 Å². The van der Waals surface area contributed by atoms with Crippen LogP contribution in [0.15, 0.2) is 24.3 Å². The first-order valence-corrected chi connectivity index (χ1v) is 6.13. The molecule has 5 heteroatoms. The molecule has 0 aromatic rings. The molecule has 0 aromatic carbocycles. The second kappa shape index (κ2) is 7.74.